The summed E-state index contributed by atoms with van der Waals surface area (Å²) in [7, 11) is -4.32. The second-order valence-corrected chi connectivity index (χ2v) is 7.55. The van der Waals surface area contributed by atoms with Crippen molar-refractivity contribution in [2.45, 2.75) is 4.90 Å². The second-order valence-electron chi connectivity index (χ2n) is 5.49. The van der Waals surface area contributed by atoms with Crippen LogP contribution < -0.4 is 4.72 Å². The summed E-state index contributed by atoms with van der Waals surface area (Å²) in [6.07, 6.45) is 0. The van der Waals surface area contributed by atoms with E-state index in [1.54, 1.807) is 0 Å². The van der Waals surface area contributed by atoms with E-state index in [0.717, 1.165) is 12.1 Å². The molecule has 0 aliphatic carbocycles. The third-order valence-corrected chi connectivity index (χ3v) is 5.41. The Morgan fingerprint density at radius 2 is 1.86 bits per heavy atom. The molecular formula is C17H11ClN2O7S. The maximum absolute atomic E-state index is 12.6. The summed E-state index contributed by atoms with van der Waals surface area (Å²) in [6, 6.07) is 11.8. The van der Waals surface area contributed by atoms with Gasteiger partial charge < -0.3 is 9.52 Å². The Kier molecular flexibility index (Phi) is 5.08. The molecule has 0 radical (unpaired) electrons. The first-order valence-electron chi connectivity index (χ1n) is 7.58. The summed E-state index contributed by atoms with van der Waals surface area (Å²) in [5.74, 6) is -1.36. The van der Waals surface area contributed by atoms with Crippen molar-refractivity contribution in [1.29, 1.82) is 0 Å². The van der Waals surface area contributed by atoms with E-state index in [0.29, 0.717) is 5.56 Å². The summed E-state index contributed by atoms with van der Waals surface area (Å²) in [4.78, 5) is 20.7. The van der Waals surface area contributed by atoms with Crippen LogP contribution in [0.1, 0.15) is 10.6 Å². The third kappa shape index (κ3) is 3.82. The van der Waals surface area contributed by atoms with Crippen LogP contribution in [-0.4, -0.2) is 24.4 Å². The molecule has 3 aromatic rings. The number of carboxylic acids is 1. The molecule has 0 aliphatic heterocycles. The van der Waals surface area contributed by atoms with Gasteiger partial charge in [-0.25, -0.2) is 13.2 Å². The predicted molar refractivity (Wildman–Crippen MR) is 100 cm³/mol. The average Bonchev–Trinajstić information content (AvgIpc) is 3.14. The lowest BCUT2D eigenvalue weighted by molar-refractivity contribution is -0.387. The van der Waals surface area contributed by atoms with E-state index in [4.69, 9.17) is 21.1 Å². The van der Waals surface area contributed by atoms with Gasteiger partial charge in [-0.05, 0) is 36.4 Å². The van der Waals surface area contributed by atoms with Crippen molar-refractivity contribution < 1.29 is 27.7 Å². The number of nitro groups is 1. The van der Waals surface area contributed by atoms with Crippen molar-refractivity contribution in [3.05, 3.63) is 75.5 Å². The maximum Gasteiger partial charge on any atom is 0.371 e. The highest BCUT2D eigenvalue weighted by Gasteiger charge is 2.26. The topological polar surface area (TPSA) is 140 Å². The maximum atomic E-state index is 12.6. The van der Waals surface area contributed by atoms with Crippen molar-refractivity contribution in [1.82, 2.24) is 0 Å². The highest BCUT2D eigenvalue weighted by molar-refractivity contribution is 7.92. The Morgan fingerprint density at radius 3 is 2.50 bits per heavy atom. The van der Waals surface area contributed by atoms with E-state index in [2.05, 4.69) is 4.72 Å². The zero-order valence-corrected chi connectivity index (χ0v) is 15.4. The standard InChI is InChI=1S/C17H11ClN2O7S/c18-11-6-5-10(14-7-8-15(27-14)17(21)22)9-12(11)19-28(25,26)16-4-2-1-3-13(16)20(23)24/h1-9,19H,(H,21,22). The van der Waals surface area contributed by atoms with E-state index in [-0.39, 0.29) is 22.2 Å². The van der Waals surface area contributed by atoms with Gasteiger partial charge in [0.2, 0.25) is 5.76 Å². The highest BCUT2D eigenvalue weighted by atomic mass is 35.5. The Balaban J connectivity index is 2.00. The summed E-state index contributed by atoms with van der Waals surface area (Å²) in [6.45, 7) is 0. The average molecular weight is 423 g/mol. The van der Waals surface area contributed by atoms with Crippen LogP contribution in [0.25, 0.3) is 11.3 Å². The molecule has 1 aromatic heterocycles. The van der Waals surface area contributed by atoms with Gasteiger partial charge in [0.05, 0.1) is 15.6 Å². The number of anilines is 1. The Morgan fingerprint density at radius 1 is 1.14 bits per heavy atom. The zero-order chi connectivity index (χ0) is 20.5. The number of hydrogen-bond acceptors (Lipinski definition) is 6. The fourth-order valence-electron chi connectivity index (χ4n) is 2.40. The summed E-state index contributed by atoms with van der Waals surface area (Å²) in [5, 5.41) is 20.1. The van der Waals surface area contributed by atoms with Crippen LogP contribution in [0.3, 0.4) is 0 Å². The van der Waals surface area contributed by atoms with Gasteiger partial charge in [0.1, 0.15) is 5.76 Å². The first kappa shape index (κ1) is 19.4. The number of carbonyl (C=O) groups is 1. The fraction of sp³-hybridized carbons (Fsp3) is 0. The van der Waals surface area contributed by atoms with Crippen LogP contribution in [0.15, 0.2) is 63.9 Å². The lowest BCUT2D eigenvalue weighted by atomic mass is 10.1. The summed E-state index contributed by atoms with van der Waals surface area (Å²) in [5.41, 5.74) is -0.276. The van der Waals surface area contributed by atoms with Crippen molar-refractivity contribution in [2.75, 3.05) is 4.72 Å². The molecular weight excluding hydrogens is 412 g/mol. The van der Waals surface area contributed by atoms with Gasteiger partial charge in [-0.1, -0.05) is 23.7 Å². The number of furan rings is 1. The normalized spacial score (nSPS) is 11.2. The minimum Gasteiger partial charge on any atom is -0.475 e. The van der Waals surface area contributed by atoms with Crippen LogP contribution >= 0.6 is 11.6 Å². The second kappa shape index (κ2) is 7.33. The molecule has 0 atom stereocenters. The Labute approximate surface area is 163 Å². The number of hydrogen-bond donors (Lipinski definition) is 2. The predicted octanol–water partition coefficient (Wildman–Crippen LogP) is 4.01. The van der Waals surface area contributed by atoms with Crippen molar-refractivity contribution in [3.8, 4) is 11.3 Å². The van der Waals surface area contributed by atoms with Gasteiger partial charge in [-0.2, -0.15) is 0 Å². The fourth-order valence-corrected chi connectivity index (χ4v) is 3.86. The zero-order valence-electron chi connectivity index (χ0n) is 13.8. The van der Waals surface area contributed by atoms with E-state index in [1.165, 1.54) is 42.5 Å². The van der Waals surface area contributed by atoms with Crippen LogP contribution in [0.5, 0.6) is 0 Å². The molecule has 3 rings (SSSR count). The van der Waals surface area contributed by atoms with Crippen molar-refractivity contribution in [2.24, 2.45) is 0 Å². The molecule has 1 heterocycles. The Hall–Kier alpha value is -3.37. The number of nitrogens with zero attached hydrogens (tertiary/aromatic N) is 1. The molecule has 0 saturated heterocycles. The molecule has 0 aliphatic rings. The molecule has 0 amide bonds. The number of aromatic carboxylic acids is 1. The van der Waals surface area contributed by atoms with Crippen LogP contribution in [0, 0.1) is 10.1 Å². The highest BCUT2D eigenvalue weighted by Crippen LogP contribution is 2.32. The van der Waals surface area contributed by atoms with Crippen molar-refractivity contribution in [3.63, 3.8) is 0 Å². The molecule has 28 heavy (non-hydrogen) atoms. The van der Waals surface area contributed by atoms with Gasteiger partial charge in [-0.15, -0.1) is 0 Å². The lowest BCUT2D eigenvalue weighted by Crippen LogP contribution is -2.15. The third-order valence-electron chi connectivity index (χ3n) is 3.66. The van der Waals surface area contributed by atoms with Gasteiger partial charge >= 0.3 is 5.97 Å². The minimum atomic E-state index is -4.32. The Bertz CT molecular complexity index is 1190. The number of halogens is 1. The SMILES string of the molecule is O=C(O)c1ccc(-c2ccc(Cl)c(NS(=O)(=O)c3ccccc3[N+](=O)[O-])c2)o1. The van der Waals surface area contributed by atoms with Gasteiger partial charge in [0.25, 0.3) is 15.7 Å². The lowest BCUT2D eigenvalue weighted by Gasteiger charge is -2.11. The molecule has 0 spiro atoms. The molecule has 9 nitrogen and oxygen atoms in total. The van der Waals surface area contributed by atoms with Crippen LogP contribution in [-0.2, 0) is 10.0 Å². The molecule has 2 aromatic carbocycles. The number of nitrogens with one attached hydrogen (secondary N) is 1. The molecule has 11 heteroatoms. The van der Waals surface area contributed by atoms with E-state index in [1.807, 2.05) is 0 Å². The monoisotopic (exact) mass is 422 g/mol. The van der Waals surface area contributed by atoms with Crippen LogP contribution in [0.2, 0.25) is 5.02 Å². The smallest absolute Gasteiger partial charge is 0.371 e. The number of benzene rings is 2. The number of nitro benzene ring substituents is 1. The first-order chi connectivity index (χ1) is 13.2. The summed E-state index contributed by atoms with van der Waals surface area (Å²) >= 11 is 6.05. The molecule has 0 unspecified atom stereocenters. The molecule has 0 saturated carbocycles. The van der Waals surface area contributed by atoms with E-state index in [9.17, 15) is 23.3 Å². The number of sulfonamides is 1. The van der Waals surface area contributed by atoms with Gasteiger partial charge in [-0.3, -0.25) is 14.8 Å². The summed E-state index contributed by atoms with van der Waals surface area (Å²) < 4.78 is 32.7. The molecule has 2 N–H and O–H groups in total. The van der Waals surface area contributed by atoms with E-state index >= 15 is 0 Å². The molecule has 0 fully saturated rings. The van der Waals surface area contributed by atoms with Crippen LogP contribution in [0.4, 0.5) is 11.4 Å². The van der Waals surface area contributed by atoms with Crippen molar-refractivity contribution >= 4 is 39.0 Å². The molecule has 144 valence electrons. The minimum absolute atomic E-state index is 0.0379. The van der Waals surface area contributed by atoms with E-state index < -0.39 is 31.5 Å². The number of para-hydroxylation sites is 1. The largest absolute Gasteiger partial charge is 0.475 e. The first-order valence-corrected chi connectivity index (χ1v) is 9.44. The molecule has 0 bridgehead atoms. The number of carboxylic acid groups (broad SMARTS) is 1. The van der Waals surface area contributed by atoms with Gasteiger partial charge in [0, 0.05) is 11.6 Å². The van der Waals surface area contributed by atoms with Gasteiger partial charge in [0.15, 0.2) is 4.90 Å². The number of rotatable bonds is 6. The quantitative estimate of drug-likeness (QED) is 0.451.